The molecule has 1 unspecified atom stereocenters. The molecule has 3 heteroatoms. The lowest BCUT2D eigenvalue weighted by atomic mass is 9.81. The zero-order valence-electron chi connectivity index (χ0n) is 11.0. The maximum atomic E-state index is 6.01. The lowest BCUT2D eigenvalue weighted by Crippen LogP contribution is -2.22. The summed E-state index contributed by atoms with van der Waals surface area (Å²) in [6.07, 6.45) is 12.6. The van der Waals surface area contributed by atoms with Crippen LogP contribution in [0.3, 0.4) is 0 Å². The lowest BCUT2D eigenvalue weighted by Gasteiger charge is -2.31. The second-order valence-electron chi connectivity index (χ2n) is 5.40. The van der Waals surface area contributed by atoms with Crippen LogP contribution < -0.4 is 0 Å². The van der Waals surface area contributed by atoms with Crippen LogP contribution in [0, 0.1) is 5.92 Å². The Kier molecular flexibility index (Phi) is 3.88. The van der Waals surface area contributed by atoms with Gasteiger partial charge in [0.25, 0.3) is 0 Å². The van der Waals surface area contributed by atoms with Crippen molar-refractivity contribution in [1.82, 2.24) is 9.55 Å². The van der Waals surface area contributed by atoms with Crippen molar-refractivity contribution in [2.75, 3.05) is 0 Å². The second-order valence-corrected chi connectivity index (χ2v) is 5.84. The van der Waals surface area contributed by atoms with Crippen molar-refractivity contribution < 1.29 is 0 Å². The minimum absolute atomic E-state index is 0.403. The van der Waals surface area contributed by atoms with E-state index in [9.17, 15) is 0 Å². The fourth-order valence-corrected chi connectivity index (χ4v) is 3.36. The van der Waals surface area contributed by atoms with Crippen molar-refractivity contribution in [1.29, 1.82) is 0 Å². The van der Waals surface area contributed by atoms with Gasteiger partial charge in [0, 0.05) is 17.4 Å². The molecule has 1 atom stereocenters. The Morgan fingerprint density at radius 3 is 2.47 bits per heavy atom. The number of hydrogen-bond donors (Lipinski definition) is 0. The van der Waals surface area contributed by atoms with Gasteiger partial charge in [-0.15, -0.1) is 0 Å². The first-order valence-electron chi connectivity index (χ1n) is 7.07. The summed E-state index contributed by atoms with van der Waals surface area (Å²) in [7, 11) is 0. The van der Waals surface area contributed by atoms with E-state index in [1.807, 2.05) is 24.7 Å². The van der Waals surface area contributed by atoms with Crippen LogP contribution in [0.1, 0.15) is 43.7 Å². The zero-order chi connectivity index (χ0) is 13.1. The van der Waals surface area contributed by atoms with Crippen LogP contribution in [-0.4, -0.2) is 9.55 Å². The van der Waals surface area contributed by atoms with E-state index in [0.717, 1.165) is 5.02 Å². The van der Waals surface area contributed by atoms with E-state index in [1.165, 1.54) is 37.7 Å². The average molecular weight is 275 g/mol. The molecule has 100 valence electrons. The SMILES string of the molecule is Clc1ccc(C(C2CCCCC2)n2ccnc2)cc1. The Morgan fingerprint density at radius 1 is 1.11 bits per heavy atom. The number of hydrogen-bond acceptors (Lipinski definition) is 1. The highest BCUT2D eigenvalue weighted by atomic mass is 35.5. The molecule has 1 aromatic heterocycles. The van der Waals surface area contributed by atoms with Crippen LogP contribution in [0.4, 0.5) is 0 Å². The normalized spacial score (nSPS) is 18.4. The molecule has 0 spiro atoms. The van der Waals surface area contributed by atoms with Gasteiger partial charge in [-0.1, -0.05) is 43.0 Å². The molecule has 1 aromatic carbocycles. The summed E-state index contributed by atoms with van der Waals surface area (Å²) in [5.41, 5.74) is 1.34. The van der Waals surface area contributed by atoms with Gasteiger partial charge in [0.2, 0.25) is 0 Å². The highest BCUT2D eigenvalue weighted by Crippen LogP contribution is 2.37. The largest absolute Gasteiger partial charge is 0.330 e. The minimum atomic E-state index is 0.403. The first kappa shape index (κ1) is 12.7. The Labute approximate surface area is 119 Å². The van der Waals surface area contributed by atoms with E-state index < -0.39 is 0 Å². The van der Waals surface area contributed by atoms with Crippen molar-refractivity contribution >= 4 is 11.6 Å². The number of imidazole rings is 1. The average Bonchev–Trinajstić information content (AvgIpc) is 2.96. The molecule has 0 N–H and O–H groups in total. The van der Waals surface area contributed by atoms with Crippen molar-refractivity contribution in [2.45, 2.75) is 38.1 Å². The summed E-state index contributed by atoms with van der Waals surface area (Å²) in [5.74, 6) is 0.712. The van der Waals surface area contributed by atoms with Crippen LogP contribution in [0.15, 0.2) is 43.0 Å². The first-order chi connectivity index (χ1) is 9.34. The van der Waals surface area contributed by atoms with E-state index in [1.54, 1.807) is 0 Å². The number of rotatable bonds is 3. The molecule has 2 aromatic rings. The van der Waals surface area contributed by atoms with Gasteiger partial charge in [0.1, 0.15) is 0 Å². The summed E-state index contributed by atoms with van der Waals surface area (Å²) >= 11 is 6.01. The van der Waals surface area contributed by atoms with Crippen LogP contribution in [-0.2, 0) is 0 Å². The van der Waals surface area contributed by atoms with Gasteiger partial charge in [0.05, 0.1) is 12.4 Å². The summed E-state index contributed by atoms with van der Waals surface area (Å²) in [4.78, 5) is 4.22. The van der Waals surface area contributed by atoms with Crippen molar-refractivity contribution in [3.63, 3.8) is 0 Å². The van der Waals surface area contributed by atoms with Gasteiger partial charge in [-0.25, -0.2) is 4.98 Å². The third-order valence-corrected chi connectivity index (χ3v) is 4.41. The van der Waals surface area contributed by atoms with Gasteiger partial charge in [-0.05, 0) is 36.5 Å². The van der Waals surface area contributed by atoms with Gasteiger partial charge in [-0.2, -0.15) is 0 Å². The van der Waals surface area contributed by atoms with E-state index in [4.69, 9.17) is 11.6 Å². The molecule has 1 fully saturated rings. The molecule has 0 bridgehead atoms. The Morgan fingerprint density at radius 2 is 1.84 bits per heavy atom. The monoisotopic (exact) mass is 274 g/mol. The third kappa shape index (κ3) is 2.84. The molecule has 2 nitrogen and oxygen atoms in total. The lowest BCUT2D eigenvalue weighted by molar-refractivity contribution is 0.279. The zero-order valence-corrected chi connectivity index (χ0v) is 11.8. The topological polar surface area (TPSA) is 17.8 Å². The van der Waals surface area contributed by atoms with Crippen LogP contribution >= 0.6 is 11.6 Å². The second kappa shape index (κ2) is 5.79. The van der Waals surface area contributed by atoms with Crippen molar-refractivity contribution in [3.05, 3.63) is 53.6 Å². The molecule has 0 aliphatic heterocycles. The van der Waals surface area contributed by atoms with E-state index in [-0.39, 0.29) is 0 Å². The summed E-state index contributed by atoms with van der Waals surface area (Å²) < 4.78 is 2.25. The summed E-state index contributed by atoms with van der Waals surface area (Å²) in [6, 6.07) is 8.69. The molecule has 0 amide bonds. The maximum absolute atomic E-state index is 6.01. The van der Waals surface area contributed by atoms with Crippen molar-refractivity contribution in [2.24, 2.45) is 5.92 Å². The Balaban J connectivity index is 1.93. The van der Waals surface area contributed by atoms with Gasteiger partial charge in [-0.3, -0.25) is 0 Å². The molecule has 0 saturated heterocycles. The number of halogens is 1. The molecule has 3 rings (SSSR count). The first-order valence-corrected chi connectivity index (χ1v) is 7.45. The summed E-state index contributed by atoms with van der Waals surface area (Å²) in [6.45, 7) is 0. The van der Waals surface area contributed by atoms with Gasteiger partial charge < -0.3 is 4.57 Å². The molecular weight excluding hydrogens is 256 g/mol. The molecule has 1 saturated carbocycles. The fourth-order valence-electron chi connectivity index (χ4n) is 3.23. The standard InChI is InChI=1S/C16H19ClN2/c17-15-8-6-14(7-9-15)16(19-11-10-18-12-19)13-4-2-1-3-5-13/h6-13,16H,1-5H2. The number of nitrogens with zero attached hydrogens (tertiary/aromatic N) is 2. The maximum Gasteiger partial charge on any atom is 0.0951 e. The fraction of sp³-hybridized carbons (Fsp3) is 0.438. The van der Waals surface area contributed by atoms with Crippen LogP contribution in [0.2, 0.25) is 5.02 Å². The predicted octanol–water partition coefficient (Wildman–Crippen LogP) is 4.71. The molecular formula is C16H19ClN2. The third-order valence-electron chi connectivity index (χ3n) is 4.15. The van der Waals surface area contributed by atoms with E-state index in [0.29, 0.717) is 12.0 Å². The van der Waals surface area contributed by atoms with Crippen molar-refractivity contribution in [3.8, 4) is 0 Å². The Hall–Kier alpha value is -1.28. The minimum Gasteiger partial charge on any atom is -0.330 e. The van der Waals surface area contributed by atoms with Crippen LogP contribution in [0.5, 0.6) is 0 Å². The van der Waals surface area contributed by atoms with Crippen LogP contribution in [0.25, 0.3) is 0 Å². The molecule has 1 aliphatic rings. The summed E-state index contributed by atoms with van der Waals surface area (Å²) in [5, 5.41) is 0.803. The smallest absolute Gasteiger partial charge is 0.0951 e. The van der Waals surface area contributed by atoms with Gasteiger partial charge >= 0.3 is 0 Å². The quantitative estimate of drug-likeness (QED) is 0.793. The number of benzene rings is 1. The van der Waals surface area contributed by atoms with E-state index >= 15 is 0 Å². The molecule has 0 radical (unpaired) electrons. The molecule has 19 heavy (non-hydrogen) atoms. The highest BCUT2D eigenvalue weighted by molar-refractivity contribution is 6.30. The van der Waals surface area contributed by atoms with Gasteiger partial charge in [0.15, 0.2) is 0 Å². The number of aromatic nitrogens is 2. The molecule has 1 heterocycles. The van der Waals surface area contributed by atoms with E-state index in [2.05, 4.69) is 27.9 Å². The Bertz CT molecular complexity index is 498. The predicted molar refractivity (Wildman–Crippen MR) is 78.4 cm³/mol. The highest BCUT2D eigenvalue weighted by Gasteiger charge is 2.26. The molecule has 1 aliphatic carbocycles.